The predicted octanol–water partition coefficient (Wildman–Crippen LogP) is 2.20. The number of aromatic nitrogens is 2. The molecule has 1 aromatic heterocycles. The van der Waals surface area contributed by atoms with Crippen LogP contribution in [0.25, 0.3) is 0 Å². The van der Waals surface area contributed by atoms with Gasteiger partial charge in [0.15, 0.2) is 0 Å². The third-order valence-electron chi connectivity index (χ3n) is 4.11. The number of rotatable bonds is 6. The fraction of sp³-hybridized carbons (Fsp3) is 0.471. The maximum Gasteiger partial charge on any atom is 0.242 e. The van der Waals surface area contributed by atoms with Crippen LogP contribution in [0.15, 0.2) is 24.3 Å². The summed E-state index contributed by atoms with van der Waals surface area (Å²) in [6, 6.07) is 7.90. The number of ether oxygens (including phenoxy) is 1. The van der Waals surface area contributed by atoms with Crippen molar-refractivity contribution in [1.29, 1.82) is 0 Å². The van der Waals surface area contributed by atoms with Crippen molar-refractivity contribution in [2.24, 2.45) is 0 Å². The molecule has 128 valence electrons. The zero-order valence-electron chi connectivity index (χ0n) is 14.1. The van der Waals surface area contributed by atoms with Crippen molar-refractivity contribution in [3.8, 4) is 5.75 Å². The Labute approximate surface area is 146 Å². The van der Waals surface area contributed by atoms with E-state index in [4.69, 9.17) is 4.74 Å². The smallest absolute Gasteiger partial charge is 0.242 e. The van der Waals surface area contributed by atoms with Gasteiger partial charge in [-0.25, -0.2) is 4.98 Å². The third kappa shape index (κ3) is 4.03. The summed E-state index contributed by atoms with van der Waals surface area (Å²) in [4.78, 5) is 20.6. The van der Waals surface area contributed by atoms with Crippen molar-refractivity contribution in [2.45, 2.75) is 19.3 Å². The van der Waals surface area contributed by atoms with E-state index >= 15 is 0 Å². The SMILES string of the molecule is COc1cccc(Cc2nsc(N(C)CC(=O)N3CCCC3)n2)c1. The van der Waals surface area contributed by atoms with Crippen LogP contribution in [0.5, 0.6) is 5.75 Å². The van der Waals surface area contributed by atoms with Gasteiger partial charge in [-0.05, 0) is 30.5 Å². The van der Waals surface area contributed by atoms with E-state index in [-0.39, 0.29) is 5.91 Å². The van der Waals surface area contributed by atoms with Gasteiger partial charge in [0.1, 0.15) is 11.6 Å². The number of amides is 1. The summed E-state index contributed by atoms with van der Waals surface area (Å²) in [5.41, 5.74) is 1.11. The molecule has 0 N–H and O–H groups in total. The Morgan fingerprint density at radius 3 is 2.92 bits per heavy atom. The summed E-state index contributed by atoms with van der Waals surface area (Å²) in [5, 5.41) is 0.778. The first-order chi connectivity index (χ1) is 11.7. The van der Waals surface area contributed by atoms with Gasteiger partial charge in [0.2, 0.25) is 11.0 Å². The lowest BCUT2D eigenvalue weighted by Gasteiger charge is -2.20. The molecule has 0 saturated carbocycles. The minimum Gasteiger partial charge on any atom is -0.497 e. The number of carbonyl (C=O) groups is 1. The Morgan fingerprint density at radius 2 is 2.17 bits per heavy atom. The van der Waals surface area contributed by atoms with Crippen molar-refractivity contribution < 1.29 is 9.53 Å². The molecule has 2 heterocycles. The molecule has 1 saturated heterocycles. The van der Waals surface area contributed by atoms with Crippen LogP contribution in [0.1, 0.15) is 24.2 Å². The molecule has 2 aromatic rings. The number of likely N-dealkylation sites (N-methyl/N-ethyl adjacent to an activating group) is 1. The van der Waals surface area contributed by atoms with E-state index < -0.39 is 0 Å². The van der Waals surface area contributed by atoms with Crippen LogP contribution in [0.4, 0.5) is 5.13 Å². The maximum atomic E-state index is 12.2. The highest BCUT2D eigenvalue weighted by molar-refractivity contribution is 7.09. The van der Waals surface area contributed by atoms with Crippen molar-refractivity contribution in [3.63, 3.8) is 0 Å². The number of hydrogen-bond donors (Lipinski definition) is 0. The number of methoxy groups -OCH3 is 1. The number of nitrogens with zero attached hydrogens (tertiary/aromatic N) is 4. The van der Waals surface area contributed by atoms with Crippen LogP contribution < -0.4 is 9.64 Å². The Kier molecular flexibility index (Phi) is 5.30. The minimum atomic E-state index is 0.166. The first-order valence-corrected chi connectivity index (χ1v) is 8.87. The number of likely N-dealkylation sites (tertiary alicyclic amines) is 1. The lowest BCUT2D eigenvalue weighted by molar-refractivity contribution is -0.128. The number of anilines is 1. The van der Waals surface area contributed by atoms with Gasteiger partial charge in [0.25, 0.3) is 0 Å². The third-order valence-corrected chi connectivity index (χ3v) is 4.98. The highest BCUT2D eigenvalue weighted by Crippen LogP contribution is 2.20. The quantitative estimate of drug-likeness (QED) is 0.802. The van der Waals surface area contributed by atoms with Crippen molar-refractivity contribution in [1.82, 2.24) is 14.3 Å². The van der Waals surface area contributed by atoms with E-state index in [0.29, 0.717) is 13.0 Å². The highest BCUT2D eigenvalue weighted by Gasteiger charge is 2.20. The molecule has 0 radical (unpaired) electrons. The molecule has 6 nitrogen and oxygen atoms in total. The van der Waals surface area contributed by atoms with Crippen LogP contribution >= 0.6 is 11.5 Å². The van der Waals surface area contributed by atoms with Gasteiger partial charge in [-0.15, -0.1) is 0 Å². The minimum absolute atomic E-state index is 0.166. The number of carbonyl (C=O) groups excluding carboxylic acids is 1. The lowest BCUT2D eigenvalue weighted by Crippen LogP contribution is -2.37. The van der Waals surface area contributed by atoms with Crippen molar-refractivity contribution in [3.05, 3.63) is 35.7 Å². The van der Waals surface area contributed by atoms with E-state index in [2.05, 4.69) is 9.36 Å². The maximum absolute atomic E-state index is 12.2. The number of hydrogen-bond acceptors (Lipinski definition) is 6. The highest BCUT2D eigenvalue weighted by atomic mass is 32.1. The molecule has 0 spiro atoms. The van der Waals surface area contributed by atoms with Crippen LogP contribution in [-0.4, -0.2) is 54.0 Å². The topological polar surface area (TPSA) is 58.6 Å². The van der Waals surface area contributed by atoms with Gasteiger partial charge in [-0.3, -0.25) is 4.79 Å². The molecule has 0 aliphatic carbocycles. The second-order valence-corrected chi connectivity index (χ2v) is 6.70. The summed E-state index contributed by atoms with van der Waals surface area (Å²) < 4.78 is 9.66. The molecule has 1 aliphatic rings. The zero-order chi connectivity index (χ0) is 16.9. The molecular formula is C17H22N4O2S. The van der Waals surface area contributed by atoms with Crippen molar-refractivity contribution >= 4 is 22.6 Å². The molecule has 7 heteroatoms. The van der Waals surface area contributed by atoms with Crippen molar-refractivity contribution in [2.75, 3.05) is 38.7 Å². The molecule has 1 amide bonds. The Bertz CT molecular complexity index is 697. The zero-order valence-corrected chi connectivity index (χ0v) is 14.9. The van der Waals surface area contributed by atoms with E-state index in [1.54, 1.807) is 7.11 Å². The molecule has 0 bridgehead atoms. The van der Waals surface area contributed by atoms with Gasteiger partial charge in [-0.2, -0.15) is 4.37 Å². The summed E-state index contributed by atoms with van der Waals surface area (Å²) in [7, 11) is 3.55. The summed E-state index contributed by atoms with van der Waals surface area (Å²) in [6.07, 6.45) is 2.87. The summed E-state index contributed by atoms with van der Waals surface area (Å²) >= 11 is 1.33. The van der Waals surface area contributed by atoms with E-state index in [1.165, 1.54) is 11.5 Å². The molecular weight excluding hydrogens is 324 g/mol. The van der Waals surface area contributed by atoms with Gasteiger partial charge in [0.05, 0.1) is 13.7 Å². The Balaban J connectivity index is 1.60. The first-order valence-electron chi connectivity index (χ1n) is 8.10. The van der Waals surface area contributed by atoms with Crippen LogP contribution in [0.3, 0.4) is 0 Å². The largest absolute Gasteiger partial charge is 0.497 e. The second-order valence-electron chi connectivity index (χ2n) is 5.97. The van der Waals surface area contributed by atoms with E-state index in [0.717, 1.165) is 48.2 Å². The van der Waals surface area contributed by atoms with Gasteiger partial charge in [0, 0.05) is 38.1 Å². The molecule has 24 heavy (non-hydrogen) atoms. The molecule has 0 atom stereocenters. The standard InChI is InChI=1S/C17H22N4O2S/c1-20(12-16(22)21-8-3-4-9-21)17-18-15(19-24-17)11-13-6-5-7-14(10-13)23-2/h5-7,10H,3-4,8-9,11-12H2,1-2H3. The molecule has 1 aromatic carbocycles. The molecule has 1 aliphatic heterocycles. The average Bonchev–Trinajstić information content (AvgIpc) is 3.26. The van der Waals surface area contributed by atoms with Crippen LogP contribution in [0, 0.1) is 0 Å². The summed E-state index contributed by atoms with van der Waals surface area (Å²) in [5.74, 6) is 1.76. The Morgan fingerprint density at radius 1 is 1.38 bits per heavy atom. The fourth-order valence-electron chi connectivity index (χ4n) is 2.77. The summed E-state index contributed by atoms with van der Waals surface area (Å²) in [6.45, 7) is 2.11. The van der Waals surface area contributed by atoms with E-state index in [9.17, 15) is 4.79 Å². The Hall–Kier alpha value is -2.15. The number of benzene rings is 1. The average molecular weight is 346 g/mol. The molecule has 0 unspecified atom stereocenters. The monoisotopic (exact) mass is 346 g/mol. The van der Waals surface area contributed by atoms with Crippen LogP contribution in [0.2, 0.25) is 0 Å². The van der Waals surface area contributed by atoms with Gasteiger partial charge in [-0.1, -0.05) is 12.1 Å². The normalized spacial score (nSPS) is 14.0. The van der Waals surface area contributed by atoms with Gasteiger partial charge >= 0.3 is 0 Å². The van der Waals surface area contributed by atoms with Crippen LogP contribution in [-0.2, 0) is 11.2 Å². The second kappa shape index (κ2) is 7.61. The van der Waals surface area contributed by atoms with E-state index in [1.807, 2.05) is 41.1 Å². The fourth-order valence-corrected chi connectivity index (χ4v) is 3.42. The first kappa shape index (κ1) is 16.7. The lowest BCUT2D eigenvalue weighted by atomic mass is 10.1. The van der Waals surface area contributed by atoms with Gasteiger partial charge < -0.3 is 14.5 Å². The molecule has 3 rings (SSSR count). The predicted molar refractivity (Wildman–Crippen MR) is 94.8 cm³/mol. The molecule has 1 fully saturated rings.